The Bertz CT molecular complexity index is 431. The van der Waals surface area contributed by atoms with Crippen LogP contribution in [0.2, 0.25) is 0 Å². The molecule has 0 aliphatic rings. The van der Waals surface area contributed by atoms with Crippen molar-refractivity contribution in [2.24, 2.45) is 0 Å². The van der Waals surface area contributed by atoms with E-state index in [1.54, 1.807) is 6.92 Å². The van der Waals surface area contributed by atoms with E-state index in [4.69, 9.17) is 0 Å². The van der Waals surface area contributed by atoms with Crippen molar-refractivity contribution in [3.05, 3.63) is 15.2 Å². The summed E-state index contributed by atoms with van der Waals surface area (Å²) in [6.07, 6.45) is 10.9. The number of hydrogen-bond acceptors (Lipinski definition) is 1. The summed E-state index contributed by atoms with van der Waals surface area (Å²) in [5.41, 5.74) is 0.474. The van der Waals surface area contributed by atoms with Gasteiger partial charge in [0.1, 0.15) is 3.70 Å². The predicted molar refractivity (Wildman–Crippen MR) is 96.2 cm³/mol. The summed E-state index contributed by atoms with van der Waals surface area (Å²) >= 11 is 2.10. The molecule has 21 heavy (non-hydrogen) atoms. The summed E-state index contributed by atoms with van der Waals surface area (Å²) in [6.45, 7) is 8.45. The number of halogens is 2. The fraction of sp³-hybridized carbons (Fsp3) is 0.824. The molecule has 1 rings (SSSR count). The van der Waals surface area contributed by atoms with Crippen LogP contribution in [0.1, 0.15) is 84.3 Å². The molecule has 0 bridgehead atoms. The lowest BCUT2D eigenvalue weighted by atomic mass is 9.88. The predicted octanol–water partition coefficient (Wildman–Crippen LogP) is 6.20. The van der Waals surface area contributed by atoms with Crippen LogP contribution in [0.4, 0.5) is 4.39 Å². The molecule has 0 saturated heterocycles. The Kier molecular flexibility index (Phi) is 8.21. The minimum atomic E-state index is -0.149. The van der Waals surface area contributed by atoms with Crippen LogP contribution in [0.15, 0.2) is 0 Å². The van der Waals surface area contributed by atoms with Gasteiger partial charge in [-0.3, -0.25) is 4.68 Å². The van der Waals surface area contributed by atoms with E-state index >= 15 is 0 Å². The molecule has 2 nitrogen and oxygen atoms in total. The first-order chi connectivity index (χ1) is 9.96. The zero-order valence-electron chi connectivity index (χ0n) is 14.0. The highest BCUT2D eigenvalue weighted by Gasteiger charge is 2.30. The number of aryl methyl sites for hydroxylation is 1. The molecule has 1 aromatic heterocycles. The van der Waals surface area contributed by atoms with Crippen LogP contribution in [-0.2, 0) is 5.54 Å². The molecule has 4 heteroatoms. The number of nitrogens with zero attached hydrogens (tertiary/aromatic N) is 2. The highest BCUT2D eigenvalue weighted by Crippen LogP contribution is 2.32. The summed E-state index contributed by atoms with van der Waals surface area (Å²) in [5, 5.41) is 4.48. The van der Waals surface area contributed by atoms with Gasteiger partial charge in [0.05, 0.1) is 11.2 Å². The summed E-state index contributed by atoms with van der Waals surface area (Å²) in [4.78, 5) is 0. The smallest absolute Gasteiger partial charge is 0.177 e. The van der Waals surface area contributed by atoms with E-state index < -0.39 is 0 Å². The normalized spacial score (nSPS) is 14.4. The van der Waals surface area contributed by atoms with E-state index in [1.807, 2.05) is 4.68 Å². The van der Waals surface area contributed by atoms with Crippen molar-refractivity contribution in [3.63, 3.8) is 0 Å². The van der Waals surface area contributed by atoms with E-state index in [1.165, 1.54) is 44.9 Å². The van der Waals surface area contributed by atoms with Crippen molar-refractivity contribution < 1.29 is 4.39 Å². The molecule has 0 N–H and O–H groups in total. The van der Waals surface area contributed by atoms with Crippen molar-refractivity contribution in [1.82, 2.24) is 9.78 Å². The molecular weight excluding hydrogens is 378 g/mol. The molecule has 0 aromatic carbocycles. The van der Waals surface area contributed by atoms with Gasteiger partial charge >= 0.3 is 0 Å². The molecule has 0 aliphatic carbocycles. The van der Waals surface area contributed by atoms with E-state index in [9.17, 15) is 4.39 Å². The van der Waals surface area contributed by atoms with E-state index in [-0.39, 0.29) is 11.4 Å². The van der Waals surface area contributed by atoms with Crippen LogP contribution in [-0.4, -0.2) is 9.78 Å². The van der Waals surface area contributed by atoms with Crippen molar-refractivity contribution in [2.75, 3.05) is 0 Å². The van der Waals surface area contributed by atoms with Crippen LogP contribution in [0, 0.1) is 16.4 Å². The summed E-state index contributed by atoms with van der Waals surface area (Å²) in [6, 6.07) is 0. The molecule has 1 heterocycles. The highest BCUT2D eigenvalue weighted by atomic mass is 127. The topological polar surface area (TPSA) is 17.8 Å². The molecule has 0 aliphatic heterocycles. The zero-order chi connectivity index (χ0) is 15.9. The number of rotatable bonds is 10. The fourth-order valence-electron chi connectivity index (χ4n) is 2.84. The first kappa shape index (κ1) is 18.9. The molecule has 0 saturated carbocycles. The Balaban J connectivity index is 2.79. The number of unbranched alkanes of at least 4 members (excludes halogenated alkanes) is 5. The van der Waals surface area contributed by atoms with Gasteiger partial charge in [0, 0.05) is 0 Å². The number of aromatic nitrogens is 2. The monoisotopic (exact) mass is 408 g/mol. The lowest BCUT2D eigenvalue weighted by molar-refractivity contribution is 0.222. The molecule has 1 unspecified atom stereocenters. The number of hydrogen-bond donors (Lipinski definition) is 0. The van der Waals surface area contributed by atoms with E-state index in [0.29, 0.717) is 9.39 Å². The van der Waals surface area contributed by atoms with E-state index in [0.717, 1.165) is 12.8 Å². The summed E-state index contributed by atoms with van der Waals surface area (Å²) in [5.74, 6) is -0.149. The van der Waals surface area contributed by atoms with Gasteiger partial charge in [-0.05, 0) is 49.3 Å². The van der Waals surface area contributed by atoms with Gasteiger partial charge in [-0.15, -0.1) is 0 Å². The van der Waals surface area contributed by atoms with Crippen LogP contribution < -0.4 is 0 Å². The standard InChI is InChI=1S/C17H30FIN2/c1-5-7-9-10-11-13-17(4,12-8-6-2)21-16(19)15(18)14(3)20-21/h5-13H2,1-4H3. The summed E-state index contributed by atoms with van der Waals surface area (Å²) < 4.78 is 16.6. The van der Waals surface area contributed by atoms with Gasteiger partial charge in [0.25, 0.3) is 0 Å². The molecule has 122 valence electrons. The Morgan fingerprint density at radius 1 is 1.05 bits per heavy atom. The lowest BCUT2D eigenvalue weighted by Gasteiger charge is -2.31. The Labute approximate surface area is 143 Å². The van der Waals surface area contributed by atoms with Gasteiger partial charge < -0.3 is 0 Å². The lowest BCUT2D eigenvalue weighted by Crippen LogP contribution is -2.32. The molecule has 0 fully saturated rings. The largest absolute Gasteiger partial charge is 0.250 e. The van der Waals surface area contributed by atoms with Crippen molar-refractivity contribution in [1.29, 1.82) is 0 Å². The molecule has 1 atom stereocenters. The van der Waals surface area contributed by atoms with Crippen molar-refractivity contribution in [2.45, 2.75) is 91.0 Å². The third-order valence-electron chi connectivity index (χ3n) is 4.33. The molecule has 0 radical (unpaired) electrons. The van der Waals surface area contributed by atoms with Gasteiger partial charge in [-0.1, -0.05) is 58.8 Å². The second-order valence-corrected chi connectivity index (χ2v) is 7.39. The van der Waals surface area contributed by atoms with Crippen LogP contribution in [0.25, 0.3) is 0 Å². The van der Waals surface area contributed by atoms with Crippen molar-refractivity contribution >= 4 is 22.6 Å². The fourth-order valence-corrected chi connectivity index (χ4v) is 3.92. The Hall–Kier alpha value is -0.130. The average molecular weight is 408 g/mol. The van der Waals surface area contributed by atoms with Crippen molar-refractivity contribution in [3.8, 4) is 0 Å². The maximum Gasteiger partial charge on any atom is 0.177 e. The first-order valence-corrected chi connectivity index (χ1v) is 9.45. The van der Waals surface area contributed by atoms with Gasteiger partial charge in [0.15, 0.2) is 5.82 Å². The third-order valence-corrected chi connectivity index (χ3v) is 5.26. The van der Waals surface area contributed by atoms with Gasteiger partial charge in [0.2, 0.25) is 0 Å². The maximum atomic E-state index is 14.0. The molecule has 0 spiro atoms. The zero-order valence-corrected chi connectivity index (χ0v) is 16.2. The third kappa shape index (κ3) is 5.22. The van der Waals surface area contributed by atoms with Crippen LogP contribution >= 0.6 is 22.6 Å². The Morgan fingerprint density at radius 2 is 1.62 bits per heavy atom. The molecule has 0 amide bonds. The summed E-state index contributed by atoms with van der Waals surface area (Å²) in [7, 11) is 0. The quantitative estimate of drug-likeness (QED) is 0.333. The van der Waals surface area contributed by atoms with Gasteiger partial charge in [-0.25, -0.2) is 4.39 Å². The average Bonchev–Trinajstić information content (AvgIpc) is 2.73. The minimum absolute atomic E-state index is 0.0478. The second kappa shape index (κ2) is 9.11. The maximum absolute atomic E-state index is 14.0. The molecule has 1 aromatic rings. The van der Waals surface area contributed by atoms with Crippen LogP contribution in [0.5, 0.6) is 0 Å². The molecular formula is C17H30FIN2. The SMILES string of the molecule is CCCCCCCC(C)(CCCC)n1nc(C)c(F)c1I. The second-order valence-electron chi connectivity index (χ2n) is 6.37. The minimum Gasteiger partial charge on any atom is -0.250 e. The highest BCUT2D eigenvalue weighted by molar-refractivity contribution is 14.1. The van der Waals surface area contributed by atoms with Crippen LogP contribution in [0.3, 0.4) is 0 Å². The van der Waals surface area contributed by atoms with E-state index in [2.05, 4.69) is 48.5 Å². The van der Waals surface area contributed by atoms with Gasteiger partial charge in [-0.2, -0.15) is 5.10 Å². The first-order valence-electron chi connectivity index (χ1n) is 8.37. The Morgan fingerprint density at radius 3 is 2.14 bits per heavy atom.